The maximum absolute atomic E-state index is 3.34. The average molecular weight is 389 g/mol. The Morgan fingerprint density at radius 3 is 2.33 bits per heavy atom. The molecule has 0 unspecified atom stereocenters. The van der Waals surface area contributed by atoms with Crippen LogP contribution in [-0.2, 0) is 13.0 Å². The summed E-state index contributed by atoms with van der Waals surface area (Å²) in [6, 6.07) is 8.63. The van der Waals surface area contributed by atoms with E-state index in [1.165, 1.54) is 17.5 Å². The van der Waals surface area contributed by atoms with Gasteiger partial charge in [0.2, 0.25) is 0 Å². The molecule has 0 saturated carbocycles. The number of nitrogens with one attached hydrogen (secondary N) is 1. The normalized spacial score (nSPS) is 13.7. The van der Waals surface area contributed by atoms with Crippen LogP contribution in [-0.4, -0.2) is 6.54 Å². The lowest BCUT2D eigenvalue weighted by Gasteiger charge is -2.15. The highest BCUT2D eigenvalue weighted by atomic mass is 127. The zero-order chi connectivity index (χ0) is 6.81. The summed E-state index contributed by atoms with van der Waals surface area (Å²) in [5, 5.41) is 3.34. The summed E-state index contributed by atoms with van der Waals surface area (Å²) in [5.74, 6) is 0. The summed E-state index contributed by atoms with van der Waals surface area (Å²) in [5.41, 5.74) is 2.98. The highest BCUT2D eigenvalue weighted by molar-refractivity contribution is 14.0. The quantitative estimate of drug-likeness (QED) is 0.673. The van der Waals surface area contributed by atoms with Crippen LogP contribution in [0.2, 0.25) is 0 Å². The molecule has 1 N–H and O–H groups in total. The standard InChI is InChI=1S/C9H11N.2HI/c1-2-4-9-7-10-6-5-8(9)3-1;;/h1-4,10H,5-7H2;2*1H. The molecule has 2 rings (SSSR count). The Kier molecular flexibility index (Phi) is 6.48. The summed E-state index contributed by atoms with van der Waals surface area (Å²) in [4.78, 5) is 0. The molecule has 1 heterocycles. The lowest BCUT2D eigenvalue weighted by atomic mass is 10.0. The van der Waals surface area contributed by atoms with Crippen LogP contribution >= 0.6 is 48.0 Å². The monoisotopic (exact) mass is 389 g/mol. The zero-order valence-corrected chi connectivity index (χ0v) is 11.4. The smallest absolute Gasteiger partial charge is 0.0208 e. The lowest BCUT2D eigenvalue weighted by molar-refractivity contribution is 0.644. The van der Waals surface area contributed by atoms with Gasteiger partial charge < -0.3 is 5.32 Å². The minimum Gasteiger partial charge on any atom is -0.312 e. The van der Waals surface area contributed by atoms with Crippen LogP contribution in [0.25, 0.3) is 0 Å². The van der Waals surface area contributed by atoms with E-state index in [4.69, 9.17) is 0 Å². The highest BCUT2D eigenvalue weighted by Gasteiger charge is 2.05. The minimum absolute atomic E-state index is 0. The molecule has 0 aromatic heterocycles. The Balaban J connectivity index is 0.000000605. The highest BCUT2D eigenvalue weighted by Crippen LogP contribution is 2.11. The van der Waals surface area contributed by atoms with Crippen LogP contribution in [0.15, 0.2) is 24.3 Å². The van der Waals surface area contributed by atoms with Gasteiger partial charge in [-0.3, -0.25) is 0 Å². The minimum atomic E-state index is 0. The topological polar surface area (TPSA) is 12.0 Å². The van der Waals surface area contributed by atoms with Crippen LogP contribution in [0.4, 0.5) is 0 Å². The van der Waals surface area contributed by atoms with Gasteiger partial charge in [0.25, 0.3) is 0 Å². The molecule has 0 fully saturated rings. The van der Waals surface area contributed by atoms with Crippen molar-refractivity contribution in [2.45, 2.75) is 13.0 Å². The van der Waals surface area contributed by atoms with Crippen molar-refractivity contribution in [2.75, 3.05) is 6.54 Å². The summed E-state index contributed by atoms with van der Waals surface area (Å²) in [6.07, 6.45) is 1.19. The fourth-order valence-corrected chi connectivity index (χ4v) is 1.42. The van der Waals surface area contributed by atoms with Gasteiger partial charge in [-0.1, -0.05) is 24.3 Å². The molecule has 0 atom stereocenters. The SMILES string of the molecule is I.I.c1ccc2c(c1)CCNC2. The molecule has 3 heteroatoms. The fourth-order valence-electron chi connectivity index (χ4n) is 1.42. The zero-order valence-electron chi connectivity index (χ0n) is 6.75. The molecule has 1 aromatic rings. The predicted octanol–water partition coefficient (Wildman–Crippen LogP) is 2.57. The van der Waals surface area contributed by atoms with Crippen LogP contribution in [0.1, 0.15) is 11.1 Å². The van der Waals surface area contributed by atoms with Gasteiger partial charge in [0.1, 0.15) is 0 Å². The number of benzene rings is 1. The van der Waals surface area contributed by atoms with Crippen LogP contribution in [0.5, 0.6) is 0 Å². The van der Waals surface area contributed by atoms with E-state index >= 15 is 0 Å². The van der Waals surface area contributed by atoms with Gasteiger partial charge in [0.15, 0.2) is 0 Å². The molecule has 0 spiro atoms. The number of halogens is 2. The van der Waals surface area contributed by atoms with Gasteiger partial charge >= 0.3 is 0 Å². The van der Waals surface area contributed by atoms with Crippen LogP contribution in [0.3, 0.4) is 0 Å². The average Bonchev–Trinajstić information content (AvgIpc) is 2.05. The Morgan fingerprint density at radius 1 is 1.00 bits per heavy atom. The van der Waals surface area contributed by atoms with E-state index in [1.54, 1.807) is 0 Å². The van der Waals surface area contributed by atoms with E-state index in [-0.39, 0.29) is 48.0 Å². The second-order valence-electron chi connectivity index (χ2n) is 2.70. The second-order valence-corrected chi connectivity index (χ2v) is 2.70. The molecular formula is C9H13I2N. The van der Waals surface area contributed by atoms with Gasteiger partial charge in [-0.25, -0.2) is 0 Å². The summed E-state index contributed by atoms with van der Waals surface area (Å²) in [7, 11) is 0. The third-order valence-electron chi connectivity index (χ3n) is 2.00. The molecule has 1 aliphatic rings. The number of hydrogen-bond acceptors (Lipinski definition) is 1. The number of rotatable bonds is 0. The van der Waals surface area contributed by atoms with Crippen molar-refractivity contribution in [3.63, 3.8) is 0 Å². The fraction of sp³-hybridized carbons (Fsp3) is 0.333. The summed E-state index contributed by atoms with van der Waals surface area (Å²) >= 11 is 0. The van der Waals surface area contributed by atoms with Crippen molar-refractivity contribution in [1.82, 2.24) is 5.32 Å². The molecule has 0 saturated heterocycles. The first kappa shape index (κ1) is 12.6. The van der Waals surface area contributed by atoms with E-state index < -0.39 is 0 Å². The molecule has 0 radical (unpaired) electrons. The number of fused-ring (bicyclic) bond motifs is 1. The van der Waals surface area contributed by atoms with Crippen molar-refractivity contribution in [3.05, 3.63) is 35.4 Å². The van der Waals surface area contributed by atoms with Crippen molar-refractivity contribution >= 4 is 48.0 Å². The van der Waals surface area contributed by atoms with Crippen molar-refractivity contribution < 1.29 is 0 Å². The third-order valence-corrected chi connectivity index (χ3v) is 2.00. The molecule has 12 heavy (non-hydrogen) atoms. The molecule has 1 aliphatic heterocycles. The van der Waals surface area contributed by atoms with Gasteiger partial charge in [-0.15, -0.1) is 48.0 Å². The first-order valence-corrected chi connectivity index (χ1v) is 3.74. The van der Waals surface area contributed by atoms with Crippen LogP contribution < -0.4 is 5.32 Å². The molecule has 0 amide bonds. The first-order chi connectivity index (χ1) is 4.97. The molecule has 0 bridgehead atoms. The van der Waals surface area contributed by atoms with Gasteiger partial charge in [0.05, 0.1) is 0 Å². The van der Waals surface area contributed by atoms with E-state index in [1.807, 2.05) is 0 Å². The first-order valence-electron chi connectivity index (χ1n) is 3.74. The van der Waals surface area contributed by atoms with Crippen molar-refractivity contribution in [1.29, 1.82) is 0 Å². The van der Waals surface area contributed by atoms with Crippen molar-refractivity contribution in [2.24, 2.45) is 0 Å². The largest absolute Gasteiger partial charge is 0.312 e. The second kappa shape index (κ2) is 6.15. The Bertz CT molecular complexity index is 213. The maximum Gasteiger partial charge on any atom is 0.0208 e. The molecule has 0 aliphatic carbocycles. The van der Waals surface area contributed by atoms with E-state index in [9.17, 15) is 0 Å². The number of hydrogen-bond donors (Lipinski definition) is 1. The van der Waals surface area contributed by atoms with E-state index in [0.717, 1.165) is 13.1 Å². The third kappa shape index (κ3) is 2.85. The van der Waals surface area contributed by atoms with E-state index in [2.05, 4.69) is 29.6 Å². The molecule has 1 nitrogen and oxygen atoms in total. The van der Waals surface area contributed by atoms with E-state index in [0.29, 0.717) is 0 Å². The van der Waals surface area contributed by atoms with Gasteiger partial charge in [-0.2, -0.15) is 0 Å². The lowest BCUT2D eigenvalue weighted by Crippen LogP contribution is -2.23. The molecule has 1 aromatic carbocycles. The van der Waals surface area contributed by atoms with Crippen LogP contribution in [0, 0.1) is 0 Å². The summed E-state index contributed by atoms with van der Waals surface area (Å²) < 4.78 is 0. The predicted molar refractivity (Wildman–Crippen MR) is 72.7 cm³/mol. The Labute approximate surface area is 107 Å². The summed E-state index contributed by atoms with van der Waals surface area (Å²) in [6.45, 7) is 2.19. The molecule has 68 valence electrons. The van der Waals surface area contributed by atoms with Gasteiger partial charge in [0, 0.05) is 6.54 Å². The van der Waals surface area contributed by atoms with Gasteiger partial charge in [-0.05, 0) is 24.1 Å². The Hall–Kier alpha value is 0.640. The van der Waals surface area contributed by atoms with Crippen molar-refractivity contribution in [3.8, 4) is 0 Å². The maximum atomic E-state index is 3.34. The Morgan fingerprint density at radius 2 is 1.67 bits per heavy atom. The molecular weight excluding hydrogens is 376 g/mol.